The van der Waals surface area contributed by atoms with Gasteiger partial charge in [0.15, 0.2) is 6.61 Å². The van der Waals surface area contributed by atoms with E-state index >= 15 is 0 Å². The zero-order valence-corrected chi connectivity index (χ0v) is 15.9. The van der Waals surface area contributed by atoms with Crippen molar-refractivity contribution in [3.63, 3.8) is 0 Å². The minimum absolute atomic E-state index is 0.207. The van der Waals surface area contributed by atoms with Crippen molar-refractivity contribution < 1.29 is 19.1 Å². The molecular weight excluding hydrogens is 386 g/mol. The molecule has 9 nitrogen and oxygen atoms in total. The number of nitrogens with zero attached hydrogens (tertiary/aromatic N) is 3. The molecule has 0 aliphatic heterocycles. The largest absolute Gasteiger partial charge is 0.452 e. The number of hydrogen-bond donors (Lipinski definition) is 2. The summed E-state index contributed by atoms with van der Waals surface area (Å²) in [4.78, 5) is 40.6. The summed E-state index contributed by atoms with van der Waals surface area (Å²) in [5.74, 6) is -1.40. The summed E-state index contributed by atoms with van der Waals surface area (Å²) in [5, 5.41) is 9.52. The van der Waals surface area contributed by atoms with E-state index in [1.807, 2.05) is 0 Å². The predicted octanol–water partition coefficient (Wildman–Crippen LogP) is 1.95. The molecule has 0 atom stereocenters. The number of benzene rings is 2. The Bertz CT molecular complexity index is 1060. The molecule has 30 heavy (non-hydrogen) atoms. The van der Waals surface area contributed by atoms with E-state index in [4.69, 9.17) is 4.74 Å². The van der Waals surface area contributed by atoms with Crippen LogP contribution in [0.15, 0.2) is 61.2 Å². The fourth-order valence-electron chi connectivity index (χ4n) is 2.77. The van der Waals surface area contributed by atoms with Crippen LogP contribution in [-0.4, -0.2) is 45.2 Å². The second-order valence-electron chi connectivity index (χ2n) is 6.80. The van der Waals surface area contributed by atoms with Crippen molar-refractivity contribution in [1.82, 2.24) is 20.1 Å². The average molecular weight is 405 g/mol. The van der Waals surface area contributed by atoms with Crippen LogP contribution < -0.4 is 10.6 Å². The molecule has 9 heteroatoms. The van der Waals surface area contributed by atoms with Crippen LogP contribution in [-0.2, 0) is 9.53 Å². The van der Waals surface area contributed by atoms with Gasteiger partial charge < -0.3 is 15.4 Å². The minimum atomic E-state index is -0.630. The minimum Gasteiger partial charge on any atom is -0.452 e. The zero-order valence-electron chi connectivity index (χ0n) is 15.9. The molecule has 0 radical (unpaired) electrons. The maximum Gasteiger partial charge on any atom is 0.338 e. The number of esters is 1. The molecule has 1 heterocycles. The lowest BCUT2D eigenvalue weighted by molar-refractivity contribution is -0.119. The summed E-state index contributed by atoms with van der Waals surface area (Å²) in [6, 6.07) is 13.5. The van der Waals surface area contributed by atoms with Crippen molar-refractivity contribution in [3.05, 3.63) is 72.3 Å². The Morgan fingerprint density at radius 2 is 1.83 bits per heavy atom. The second kappa shape index (κ2) is 8.56. The maximum atomic E-state index is 12.3. The first-order valence-electron chi connectivity index (χ1n) is 9.42. The molecule has 1 aliphatic rings. The predicted molar refractivity (Wildman–Crippen MR) is 107 cm³/mol. The highest BCUT2D eigenvalue weighted by Gasteiger charge is 2.25. The smallest absolute Gasteiger partial charge is 0.338 e. The molecule has 2 aromatic carbocycles. The van der Waals surface area contributed by atoms with E-state index in [1.54, 1.807) is 59.5 Å². The van der Waals surface area contributed by atoms with Gasteiger partial charge in [0.05, 0.1) is 22.5 Å². The van der Waals surface area contributed by atoms with Crippen LogP contribution >= 0.6 is 0 Å². The Balaban J connectivity index is 1.32. The van der Waals surface area contributed by atoms with Gasteiger partial charge in [0.1, 0.15) is 12.7 Å². The lowest BCUT2D eigenvalue weighted by Crippen LogP contribution is -2.28. The number of hydrogen-bond acceptors (Lipinski definition) is 6. The van der Waals surface area contributed by atoms with Gasteiger partial charge in [-0.25, -0.2) is 14.5 Å². The second-order valence-corrected chi connectivity index (χ2v) is 6.80. The number of aromatic nitrogens is 3. The maximum absolute atomic E-state index is 12.3. The Kier molecular flexibility index (Phi) is 5.51. The fraction of sp³-hybridized carbons (Fsp3) is 0.190. The standard InChI is InChI=1S/C21H19N5O4/c27-19(25-18-4-2-1-3-17(18)20(28)24-15-7-8-15)11-30-21(29)14-5-9-16(10-6-14)26-13-22-12-23-26/h1-6,9-10,12-13,15H,7-8,11H2,(H,24,28)(H,25,27). The van der Waals surface area contributed by atoms with Crippen molar-refractivity contribution >= 4 is 23.5 Å². The van der Waals surface area contributed by atoms with E-state index in [2.05, 4.69) is 20.7 Å². The van der Waals surface area contributed by atoms with Gasteiger partial charge in [0.2, 0.25) is 0 Å². The number of rotatable bonds is 7. The summed E-state index contributed by atoms with van der Waals surface area (Å²) in [6.45, 7) is -0.470. The number of ether oxygens (including phenoxy) is 1. The zero-order chi connectivity index (χ0) is 20.9. The molecule has 1 fully saturated rings. The molecule has 3 aromatic rings. The van der Waals surface area contributed by atoms with E-state index in [9.17, 15) is 14.4 Å². The third-order valence-electron chi connectivity index (χ3n) is 4.48. The van der Waals surface area contributed by atoms with Gasteiger partial charge in [-0.1, -0.05) is 12.1 Å². The molecule has 1 aliphatic carbocycles. The van der Waals surface area contributed by atoms with Gasteiger partial charge in [-0.05, 0) is 49.2 Å². The van der Waals surface area contributed by atoms with Crippen LogP contribution in [0.1, 0.15) is 33.6 Å². The molecule has 2 amide bonds. The van der Waals surface area contributed by atoms with Crippen molar-refractivity contribution in [3.8, 4) is 5.69 Å². The van der Waals surface area contributed by atoms with Crippen LogP contribution in [0.2, 0.25) is 0 Å². The van der Waals surface area contributed by atoms with Gasteiger partial charge >= 0.3 is 5.97 Å². The summed E-state index contributed by atoms with van der Waals surface area (Å²) in [6.07, 6.45) is 4.89. The van der Waals surface area contributed by atoms with Crippen LogP contribution in [0.25, 0.3) is 5.69 Å². The molecule has 0 unspecified atom stereocenters. The van der Waals surface area contributed by atoms with E-state index < -0.39 is 18.5 Å². The molecule has 1 saturated carbocycles. The normalized spacial score (nSPS) is 12.8. The van der Waals surface area contributed by atoms with Crippen LogP contribution in [0, 0.1) is 0 Å². The third-order valence-corrected chi connectivity index (χ3v) is 4.48. The van der Waals surface area contributed by atoms with Crippen LogP contribution in [0.4, 0.5) is 5.69 Å². The summed E-state index contributed by atoms with van der Waals surface area (Å²) >= 11 is 0. The topological polar surface area (TPSA) is 115 Å². The number of amides is 2. The molecule has 1 aromatic heterocycles. The molecule has 0 saturated heterocycles. The summed E-state index contributed by atoms with van der Waals surface area (Å²) < 4.78 is 6.64. The highest BCUT2D eigenvalue weighted by atomic mass is 16.5. The van der Waals surface area contributed by atoms with Gasteiger partial charge in [-0.3, -0.25) is 9.59 Å². The van der Waals surface area contributed by atoms with Crippen molar-refractivity contribution in [1.29, 1.82) is 0 Å². The first-order chi connectivity index (χ1) is 14.6. The van der Waals surface area contributed by atoms with Crippen molar-refractivity contribution in [2.24, 2.45) is 0 Å². The Morgan fingerprint density at radius 3 is 2.53 bits per heavy atom. The van der Waals surface area contributed by atoms with Crippen molar-refractivity contribution in [2.75, 3.05) is 11.9 Å². The van der Waals surface area contributed by atoms with E-state index in [0.29, 0.717) is 16.8 Å². The molecule has 152 valence electrons. The fourth-order valence-corrected chi connectivity index (χ4v) is 2.77. The highest BCUT2D eigenvalue weighted by Crippen LogP contribution is 2.21. The Morgan fingerprint density at radius 1 is 1.07 bits per heavy atom. The monoisotopic (exact) mass is 405 g/mol. The SMILES string of the molecule is O=C(COC(=O)c1ccc(-n2cncn2)cc1)Nc1ccccc1C(=O)NC1CC1. The van der Waals surface area contributed by atoms with E-state index in [0.717, 1.165) is 18.5 Å². The number of anilines is 1. The summed E-state index contributed by atoms with van der Waals surface area (Å²) in [7, 11) is 0. The summed E-state index contributed by atoms with van der Waals surface area (Å²) in [5.41, 5.74) is 1.78. The van der Waals surface area contributed by atoms with E-state index in [-0.39, 0.29) is 11.9 Å². The molecule has 4 rings (SSSR count). The first kappa shape index (κ1) is 19.3. The molecule has 0 bridgehead atoms. The number of nitrogens with one attached hydrogen (secondary N) is 2. The molecule has 0 spiro atoms. The lowest BCUT2D eigenvalue weighted by atomic mass is 10.1. The number of para-hydroxylation sites is 1. The molecular formula is C21H19N5O4. The quantitative estimate of drug-likeness (QED) is 0.581. The lowest BCUT2D eigenvalue weighted by Gasteiger charge is -2.11. The van der Waals surface area contributed by atoms with Gasteiger partial charge in [0.25, 0.3) is 11.8 Å². The van der Waals surface area contributed by atoms with Gasteiger partial charge in [0, 0.05) is 6.04 Å². The van der Waals surface area contributed by atoms with Gasteiger partial charge in [-0.2, -0.15) is 5.10 Å². The number of carbonyl (C=O) groups is 3. The number of carbonyl (C=O) groups excluding carboxylic acids is 3. The van der Waals surface area contributed by atoms with Crippen LogP contribution in [0.3, 0.4) is 0 Å². The first-order valence-corrected chi connectivity index (χ1v) is 9.42. The van der Waals surface area contributed by atoms with Crippen LogP contribution in [0.5, 0.6) is 0 Å². The highest BCUT2D eigenvalue weighted by molar-refractivity contribution is 6.04. The Hall–Kier alpha value is -4.01. The van der Waals surface area contributed by atoms with E-state index in [1.165, 1.54) is 6.33 Å². The Labute approximate surface area is 172 Å². The average Bonchev–Trinajstić information content (AvgIpc) is 3.40. The van der Waals surface area contributed by atoms with Gasteiger partial charge in [-0.15, -0.1) is 0 Å². The third kappa shape index (κ3) is 4.69. The molecule has 2 N–H and O–H groups in total. The van der Waals surface area contributed by atoms with Crippen molar-refractivity contribution in [2.45, 2.75) is 18.9 Å².